The third kappa shape index (κ3) is 6.75. The van der Waals surface area contributed by atoms with E-state index in [0.29, 0.717) is 48.7 Å². The number of hydrogen-bond donors (Lipinski definition) is 1. The summed E-state index contributed by atoms with van der Waals surface area (Å²) in [4.78, 5) is 23.7. The van der Waals surface area contributed by atoms with E-state index >= 15 is 4.39 Å². The molecule has 12 heteroatoms. The van der Waals surface area contributed by atoms with E-state index in [0.717, 1.165) is 57.9 Å². The molecule has 1 aliphatic carbocycles. The predicted molar refractivity (Wildman–Crippen MR) is 168 cm³/mol. The summed E-state index contributed by atoms with van der Waals surface area (Å²) in [6.45, 7) is 7.59. The second-order valence-corrected chi connectivity index (χ2v) is 15.3. The summed E-state index contributed by atoms with van der Waals surface area (Å²) in [5, 5.41) is 3.68. The van der Waals surface area contributed by atoms with E-state index in [4.69, 9.17) is 30.8 Å². The third-order valence-corrected chi connectivity index (χ3v) is 11.0. The van der Waals surface area contributed by atoms with Crippen molar-refractivity contribution in [2.45, 2.75) is 108 Å². The molecule has 242 valence electrons. The molecule has 4 aliphatic rings. The lowest BCUT2D eigenvalue weighted by molar-refractivity contribution is 0.0504. The number of benzene rings is 1. The predicted octanol–water partition coefficient (Wildman–Crippen LogP) is 7.55. The molecule has 0 spiro atoms. The van der Waals surface area contributed by atoms with E-state index in [2.05, 4.69) is 31.1 Å². The molecule has 44 heavy (non-hydrogen) atoms. The zero-order chi connectivity index (χ0) is 31.2. The molecule has 6 rings (SSSR count). The van der Waals surface area contributed by atoms with Crippen molar-refractivity contribution >= 4 is 44.5 Å². The van der Waals surface area contributed by atoms with Crippen LogP contribution in [0, 0.1) is 17.7 Å². The zero-order valence-electron chi connectivity index (χ0n) is 25.7. The standard InChI is InChI=1S/C32H42BrClF2N4O4/c1-31(2,3)44-30(41)37-21-8-7-18(13-21)5-6-19-9-12-42-28-23-22(14-19)38-29(39-27(23)26(36)24(33)25(28)34)43-17-32-10-4-11-40(32)16-20(35)15-32/h18-21H,4-17H2,1-3H3,(H,37,41)/t18?,19?,20-,21?,32+/m1/s1. The normalized spacial score (nSPS) is 28.8. The van der Waals surface area contributed by atoms with Crippen molar-refractivity contribution in [1.82, 2.24) is 20.2 Å². The quantitative estimate of drug-likeness (QED) is 0.299. The van der Waals surface area contributed by atoms with E-state index < -0.39 is 17.6 Å². The summed E-state index contributed by atoms with van der Waals surface area (Å²) in [6.07, 6.45) is 7.35. The number of ether oxygens (including phenoxy) is 3. The van der Waals surface area contributed by atoms with Crippen LogP contribution < -0.4 is 14.8 Å². The van der Waals surface area contributed by atoms with Gasteiger partial charge in [0.1, 0.15) is 34.7 Å². The second-order valence-electron chi connectivity index (χ2n) is 14.1. The van der Waals surface area contributed by atoms with E-state index in [1.165, 1.54) is 0 Å². The van der Waals surface area contributed by atoms with Gasteiger partial charge >= 0.3 is 12.1 Å². The fourth-order valence-electron chi connectivity index (χ4n) is 7.65. The Morgan fingerprint density at radius 3 is 2.82 bits per heavy atom. The SMILES string of the molecule is CC(C)(C)OC(=O)NC1CCC(CCC2CCOc3c(Cl)c(Br)c(F)c4nc(OC[C@@]56CCCN5C[C@H](F)C6)nc(c34)C2)C1. The van der Waals surface area contributed by atoms with Crippen molar-refractivity contribution in [3.05, 3.63) is 21.0 Å². The van der Waals surface area contributed by atoms with Crippen molar-refractivity contribution < 1.29 is 27.8 Å². The number of carbonyl (C=O) groups is 1. The van der Waals surface area contributed by atoms with Gasteiger partial charge in [0.25, 0.3) is 0 Å². The maximum Gasteiger partial charge on any atom is 0.407 e. The van der Waals surface area contributed by atoms with Gasteiger partial charge in [-0.15, -0.1) is 0 Å². The Morgan fingerprint density at radius 2 is 2.02 bits per heavy atom. The van der Waals surface area contributed by atoms with Crippen molar-refractivity contribution in [2.75, 3.05) is 26.3 Å². The topological polar surface area (TPSA) is 85.8 Å². The van der Waals surface area contributed by atoms with Crippen LogP contribution in [-0.4, -0.2) is 70.6 Å². The van der Waals surface area contributed by atoms with E-state index in [1.807, 2.05) is 20.8 Å². The molecule has 3 aliphatic heterocycles. The average Bonchev–Trinajstić information content (AvgIpc) is 3.62. The van der Waals surface area contributed by atoms with Gasteiger partial charge in [-0.1, -0.05) is 18.0 Å². The average molecular weight is 700 g/mol. The molecule has 1 aromatic carbocycles. The first-order valence-corrected chi connectivity index (χ1v) is 17.1. The molecule has 0 bridgehead atoms. The van der Waals surface area contributed by atoms with Crippen molar-refractivity contribution in [1.29, 1.82) is 0 Å². The monoisotopic (exact) mass is 698 g/mol. The number of amides is 1. The molecule has 2 saturated heterocycles. The highest BCUT2D eigenvalue weighted by atomic mass is 79.9. The Bertz CT molecular complexity index is 1410. The molecule has 3 unspecified atom stereocenters. The highest BCUT2D eigenvalue weighted by molar-refractivity contribution is 9.10. The lowest BCUT2D eigenvalue weighted by Gasteiger charge is -2.31. The lowest BCUT2D eigenvalue weighted by atomic mass is 9.88. The van der Waals surface area contributed by atoms with Crippen LogP contribution >= 0.6 is 27.5 Å². The number of hydrogen-bond acceptors (Lipinski definition) is 7. The first kappa shape index (κ1) is 32.0. The van der Waals surface area contributed by atoms with Crippen molar-refractivity contribution in [3.63, 3.8) is 0 Å². The Kier molecular flexibility index (Phi) is 9.21. The first-order chi connectivity index (χ1) is 20.9. The minimum atomic E-state index is -0.871. The first-order valence-electron chi connectivity index (χ1n) is 15.9. The molecule has 1 N–H and O–H groups in total. The molecule has 4 heterocycles. The summed E-state index contributed by atoms with van der Waals surface area (Å²) in [7, 11) is 0. The maximum absolute atomic E-state index is 15.6. The summed E-state index contributed by atoms with van der Waals surface area (Å²) < 4.78 is 47.8. The maximum atomic E-state index is 15.6. The number of nitrogens with zero attached hydrogens (tertiary/aromatic N) is 3. The number of nitrogens with one attached hydrogen (secondary N) is 1. The molecule has 1 saturated carbocycles. The zero-order valence-corrected chi connectivity index (χ0v) is 28.0. The molecule has 0 radical (unpaired) electrons. The molecular weight excluding hydrogens is 658 g/mol. The number of aromatic nitrogens is 2. The molecule has 1 amide bonds. The van der Waals surface area contributed by atoms with Gasteiger partial charge in [-0.25, -0.2) is 13.6 Å². The van der Waals surface area contributed by atoms with Crippen LogP contribution in [0.25, 0.3) is 10.9 Å². The molecular formula is C32H42BrClF2N4O4. The molecule has 1 aromatic heterocycles. The minimum absolute atomic E-state index is 0.0984. The number of carbonyl (C=O) groups excluding carboxylic acids is 1. The Morgan fingerprint density at radius 1 is 1.23 bits per heavy atom. The van der Waals surface area contributed by atoms with Gasteiger partial charge in [0, 0.05) is 19.0 Å². The summed E-state index contributed by atoms with van der Waals surface area (Å²) in [5.41, 5.74) is -0.119. The van der Waals surface area contributed by atoms with Crippen LogP contribution in [0.15, 0.2) is 4.47 Å². The van der Waals surface area contributed by atoms with Gasteiger partial charge in [-0.3, -0.25) is 4.90 Å². The number of rotatable bonds is 7. The number of fused-ring (bicyclic) bond motifs is 1. The Hall–Kier alpha value is -1.98. The fourth-order valence-corrected chi connectivity index (χ4v) is 8.25. The molecule has 5 atom stereocenters. The van der Waals surface area contributed by atoms with Gasteiger partial charge in [0.05, 0.1) is 27.7 Å². The number of alkyl carbamates (subject to hydrolysis) is 1. The van der Waals surface area contributed by atoms with Crippen LogP contribution in [0.5, 0.6) is 11.8 Å². The van der Waals surface area contributed by atoms with Gasteiger partial charge in [0.2, 0.25) is 0 Å². The molecule has 8 nitrogen and oxygen atoms in total. The van der Waals surface area contributed by atoms with E-state index in [9.17, 15) is 9.18 Å². The van der Waals surface area contributed by atoms with Crippen LogP contribution in [0.2, 0.25) is 5.02 Å². The van der Waals surface area contributed by atoms with Gasteiger partial charge in [-0.2, -0.15) is 9.97 Å². The van der Waals surface area contributed by atoms with Crippen LogP contribution in [0.3, 0.4) is 0 Å². The number of halogens is 4. The lowest BCUT2D eigenvalue weighted by Crippen LogP contribution is -2.43. The fraction of sp³-hybridized carbons (Fsp3) is 0.719. The van der Waals surface area contributed by atoms with Gasteiger partial charge < -0.3 is 19.5 Å². The van der Waals surface area contributed by atoms with Crippen LogP contribution in [0.1, 0.15) is 84.3 Å². The van der Waals surface area contributed by atoms with Gasteiger partial charge in [0.15, 0.2) is 5.82 Å². The van der Waals surface area contributed by atoms with Gasteiger partial charge in [-0.05, 0) is 106 Å². The van der Waals surface area contributed by atoms with E-state index in [1.54, 1.807) is 0 Å². The Labute approximate surface area is 271 Å². The minimum Gasteiger partial charge on any atom is -0.491 e. The highest BCUT2D eigenvalue weighted by Crippen LogP contribution is 2.45. The Balaban J connectivity index is 1.18. The van der Waals surface area contributed by atoms with Crippen LogP contribution in [0.4, 0.5) is 13.6 Å². The summed E-state index contributed by atoms with van der Waals surface area (Å²) in [5.74, 6) is 0.560. The highest BCUT2D eigenvalue weighted by Gasteiger charge is 2.49. The second kappa shape index (κ2) is 12.7. The molecule has 3 fully saturated rings. The third-order valence-electron chi connectivity index (χ3n) is 9.71. The van der Waals surface area contributed by atoms with Crippen molar-refractivity contribution in [2.24, 2.45) is 11.8 Å². The smallest absolute Gasteiger partial charge is 0.407 e. The summed E-state index contributed by atoms with van der Waals surface area (Å²) >= 11 is 9.84. The number of alkyl halides is 1. The van der Waals surface area contributed by atoms with E-state index in [-0.39, 0.29) is 51.2 Å². The van der Waals surface area contributed by atoms with Crippen LogP contribution in [-0.2, 0) is 11.2 Å². The largest absolute Gasteiger partial charge is 0.491 e. The summed E-state index contributed by atoms with van der Waals surface area (Å²) in [6, 6.07) is 0.219. The van der Waals surface area contributed by atoms with Crippen molar-refractivity contribution in [3.8, 4) is 11.8 Å². The molecule has 2 aromatic rings.